The Labute approximate surface area is 84.9 Å². The lowest BCUT2D eigenvalue weighted by atomic mass is 10.2. The van der Waals surface area contributed by atoms with Gasteiger partial charge in [-0.15, -0.1) is 9.58 Å². The third-order valence-electron chi connectivity index (χ3n) is 1.36. The molecule has 3 nitrogen and oxygen atoms in total. The zero-order valence-electron chi connectivity index (χ0n) is 7.02. The Kier molecular flexibility index (Phi) is 3.93. The minimum atomic E-state index is -0.739. The minimum Gasteiger partial charge on any atom is -0.194 e. The number of hydrogen-bond donors (Lipinski definition) is 1. The van der Waals surface area contributed by atoms with Crippen LogP contribution < -0.4 is 5.54 Å². The summed E-state index contributed by atoms with van der Waals surface area (Å²) in [6.45, 7) is 0. The summed E-state index contributed by atoms with van der Waals surface area (Å²) < 4.78 is 24.3. The highest BCUT2D eigenvalue weighted by Gasteiger charge is 2.03. The molecule has 0 heterocycles. The molecule has 1 aromatic rings. The maximum Gasteiger partial charge on any atom is 0.251 e. The van der Waals surface area contributed by atoms with Crippen LogP contribution in [0.1, 0.15) is 5.56 Å². The monoisotopic (exact) mass is 215 g/mol. The summed E-state index contributed by atoms with van der Waals surface area (Å²) in [6.07, 6.45) is 1.23. The van der Waals surface area contributed by atoms with E-state index in [0.29, 0.717) is 5.56 Å². The van der Waals surface area contributed by atoms with Crippen LogP contribution in [-0.4, -0.2) is 16.6 Å². The predicted molar refractivity (Wildman–Crippen MR) is 53.8 cm³/mol. The third-order valence-corrected chi connectivity index (χ3v) is 1.58. The van der Waals surface area contributed by atoms with Crippen LogP contribution in [0.5, 0.6) is 0 Å². The summed E-state index contributed by atoms with van der Waals surface area (Å²) >= 11 is 4.24. The fourth-order valence-corrected chi connectivity index (χ4v) is 0.791. The molecule has 0 aliphatic heterocycles. The molecule has 74 valence electrons. The Morgan fingerprint density at radius 3 is 2.64 bits per heavy atom. The van der Waals surface area contributed by atoms with Crippen molar-refractivity contribution in [2.75, 3.05) is 0 Å². The second kappa shape index (κ2) is 5.23. The molecule has 0 amide bonds. The molecule has 0 bridgehead atoms. The summed E-state index contributed by atoms with van der Waals surface area (Å²) in [5, 5.41) is 2.26. The van der Waals surface area contributed by atoms with Crippen molar-refractivity contribution in [1.82, 2.24) is 10.8 Å². The van der Waals surface area contributed by atoms with Crippen LogP contribution in [0, 0.1) is 0 Å². The molecule has 0 saturated heterocycles. The van der Waals surface area contributed by atoms with Gasteiger partial charge >= 0.3 is 0 Å². The number of hydrogen-bond acceptors (Lipinski definition) is 2. The molecule has 0 atom stereocenters. The van der Waals surface area contributed by atoms with Crippen LogP contribution in [-0.2, 0) is 0 Å². The molecule has 0 aliphatic rings. The Morgan fingerprint density at radius 2 is 2.07 bits per heavy atom. The van der Waals surface area contributed by atoms with Gasteiger partial charge in [-0.25, -0.2) is 0 Å². The Morgan fingerprint density at radius 1 is 1.43 bits per heavy atom. The Hall–Kier alpha value is -1.56. The zero-order valence-corrected chi connectivity index (χ0v) is 7.84. The van der Waals surface area contributed by atoms with Gasteiger partial charge in [0.15, 0.2) is 0 Å². The van der Waals surface area contributed by atoms with Gasteiger partial charge in [0.1, 0.15) is 0 Å². The number of benzene rings is 1. The Bertz CT molecular complexity index is 329. The van der Waals surface area contributed by atoms with E-state index in [1.54, 1.807) is 24.3 Å². The quantitative estimate of drug-likeness (QED) is 0.354. The SMILES string of the molecule is FNC(=S)N(F)N=Cc1ccccc1. The molecule has 14 heavy (non-hydrogen) atoms. The second-order valence-electron chi connectivity index (χ2n) is 2.32. The summed E-state index contributed by atoms with van der Waals surface area (Å²) in [5.74, 6) is 0. The predicted octanol–water partition coefficient (Wildman–Crippen LogP) is 1.97. The normalized spacial score (nSPS) is 10.1. The molecule has 0 unspecified atom stereocenters. The van der Waals surface area contributed by atoms with Crippen molar-refractivity contribution in [3.63, 3.8) is 0 Å². The summed E-state index contributed by atoms with van der Waals surface area (Å²) in [6, 6.07) is 8.82. The van der Waals surface area contributed by atoms with E-state index >= 15 is 0 Å². The molecule has 0 aliphatic carbocycles. The number of rotatable bonds is 2. The van der Waals surface area contributed by atoms with Gasteiger partial charge in [-0.05, 0) is 17.8 Å². The van der Waals surface area contributed by atoms with Crippen molar-refractivity contribution >= 4 is 23.5 Å². The number of nitrogens with one attached hydrogen (secondary N) is 1. The van der Waals surface area contributed by atoms with Gasteiger partial charge in [0, 0.05) is 0 Å². The third kappa shape index (κ3) is 3.06. The molecular weight excluding hydrogens is 208 g/mol. The molecular formula is C8H7F2N3S. The van der Waals surface area contributed by atoms with Gasteiger partial charge in [0.25, 0.3) is 5.11 Å². The summed E-state index contributed by atoms with van der Waals surface area (Å²) in [4.78, 5) is 0. The van der Waals surface area contributed by atoms with Gasteiger partial charge in [0.2, 0.25) is 0 Å². The van der Waals surface area contributed by atoms with Gasteiger partial charge < -0.3 is 0 Å². The number of halogens is 2. The van der Waals surface area contributed by atoms with E-state index in [1.165, 1.54) is 6.21 Å². The highest BCUT2D eigenvalue weighted by Crippen LogP contribution is 1.97. The summed E-state index contributed by atoms with van der Waals surface area (Å²) in [5.41, 5.74) is 1.66. The van der Waals surface area contributed by atoms with Crippen molar-refractivity contribution in [2.24, 2.45) is 5.10 Å². The topological polar surface area (TPSA) is 27.6 Å². The molecule has 1 aromatic carbocycles. The first kappa shape index (κ1) is 10.5. The van der Waals surface area contributed by atoms with E-state index in [0.717, 1.165) is 5.54 Å². The van der Waals surface area contributed by atoms with Crippen LogP contribution >= 0.6 is 12.2 Å². The average molecular weight is 215 g/mol. The van der Waals surface area contributed by atoms with E-state index in [1.807, 2.05) is 6.07 Å². The van der Waals surface area contributed by atoms with Crippen LogP contribution in [0.3, 0.4) is 0 Å². The van der Waals surface area contributed by atoms with Crippen molar-refractivity contribution in [2.45, 2.75) is 0 Å². The molecule has 0 fully saturated rings. The number of hydrazone groups is 1. The number of nitrogens with zero attached hydrogens (tertiary/aromatic N) is 2. The van der Waals surface area contributed by atoms with E-state index in [9.17, 15) is 8.96 Å². The van der Waals surface area contributed by atoms with Crippen molar-refractivity contribution < 1.29 is 8.96 Å². The van der Waals surface area contributed by atoms with Crippen LogP contribution in [0.25, 0.3) is 0 Å². The fourth-order valence-electron chi connectivity index (χ4n) is 0.744. The van der Waals surface area contributed by atoms with E-state index in [2.05, 4.69) is 17.3 Å². The summed E-state index contributed by atoms with van der Waals surface area (Å²) in [7, 11) is 0. The van der Waals surface area contributed by atoms with E-state index in [-0.39, 0.29) is 5.23 Å². The highest BCUT2D eigenvalue weighted by atomic mass is 32.1. The van der Waals surface area contributed by atoms with Crippen LogP contribution in [0.2, 0.25) is 0 Å². The zero-order chi connectivity index (χ0) is 10.4. The lowest BCUT2D eigenvalue weighted by molar-refractivity contribution is 0.118. The smallest absolute Gasteiger partial charge is 0.194 e. The van der Waals surface area contributed by atoms with E-state index in [4.69, 9.17) is 0 Å². The van der Waals surface area contributed by atoms with Crippen LogP contribution in [0.15, 0.2) is 35.4 Å². The second-order valence-corrected chi connectivity index (χ2v) is 2.70. The first-order valence-corrected chi connectivity index (χ1v) is 4.10. The lowest BCUT2D eigenvalue weighted by Gasteiger charge is -2.03. The first-order valence-electron chi connectivity index (χ1n) is 3.69. The number of thiocarbonyl (C=S) groups is 1. The fraction of sp³-hybridized carbons (Fsp3) is 0. The van der Waals surface area contributed by atoms with Gasteiger partial charge in [-0.1, -0.05) is 40.0 Å². The molecule has 1 rings (SSSR count). The highest BCUT2D eigenvalue weighted by molar-refractivity contribution is 7.80. The minimum absolute atomic E-state index is 0.262. The van der Waals surface area contributed by atoms with Gasteiger partial charge in [0.05, 0.1) is 6.21 Å². The maximum atomic E-state index is 12.7. The molecule has 0 spiro atoms. The standard InChI is InChI=1S/C8H7F2N3S/c9-12-8(14)13(10)11-6-7-4-2-1-3-5-7/h1-6H,(H,12,14). The van der Waals surface area contributed by atoms with Crippen molar-refractivity contribution in [3.05, 3.63) is 35.9 Å². The molecule has 0 aromatic heterocycles. The largest absolute Gasteiger partial charge is 0.251 e. The van der Waals surface area contributed by atoms with Crippen molar-refractivity contribution in [3.8, 4) is 0 Å². The molecule has 0 radical (unpaired) electrons. The molecule has 1 N–H and O–H groups in total. The molecule has 0 saturated carbocycles. The van der Waals surface area contributed by atoms with E-state index < -0.39 is 5.11 Å². The first-order chi connectivity index (χ1) is 6.74. The molecule has 6 heteroatoms. The lowest BCUT2D eigenvalue weighted by Crippen LogP contribution is -2.25. The van der Waals surface area contributed by atoms with Crippen LogP contribution in [0.4, 0.5) is 8.96 Å². The van der Waals surface area contributed by atoms with Crippen molar-refractivity contribution in [1.29, 1.82) is 0 Å². The van der Waals surface area contributed by atoms with Gasteiger partial charge in [-0.2, -0.15) is 5.54 Å². The van der Waals surface area contributed by atoms with Gasteiger partial charge in [-0.3, -0.25) is 0 Å². The maximum absolute atomic E-state index is 12.7. The average Bonchev–Trinajstić information content (AvgIpc) is 2.26. The Balaban J connectivity index is 2.60.